The van der Waals surface area contributed by atoms with Crippen molar-refractivity contribution >= 4 is 15.7 Å². The first-order valence-corrected chi connectivity index (χ1v) is 9.47. The molecule has 3 rings (SSSR count). The second-order valence-corrected chi connectivity index (χ2v) is 7.86. The van der Waals surface area contributed by atoms with Gasteiger partial charge in [0.2, 0.25) is 10.0 Å². The minimum absolute atomic E-state index is 0.0909. The summed E-state index contributed by atoms with van der Waals surface area (Å²) in [5, 5.41) is 8.73. The molecule has 2 heterocycles. The van der Waals surface area contributed by atoms with Gasteiger partial charge in [0.1, 0.15) is 5.82 Å². The lowest BCUT2D eigenvalue weighted by atomic mass is 9.94. The Bertz CT molecular complexity index is 1030. The zero-order valence-corrected chi connectivity index (χ0v) is 14.6. The second kappa shape index (κ2) is 6.81. The molecule has 0 saturated carbocycles. The van der Waals surface area contributed by atoms with Gasteiger partial charge in [-0.05, 0) is 30.5 Å². The van der Waals surface area contributed by atoms with Crippen LogP contribution in [0.25, 0.3) is 11.1 Å². The topological polar surface area (TPSA) is 74.1 Å². The summed E-state index contributed by atoms with van der Waals surface area (Å²) in [5.41, 5.74) is -0.285. The highest BCUT2D eigenvalue weighted by Gasteiger charge is 2.32. The highest BCUT2D eigenvalue weighted by molar-refractivity contribution is 7.93. The zero-order chi connectivity index (χ0) is 19.8. The van der Waals surface area contributed by atoms with Gasteiger partial charge in [0.25, 0.3) is 0 Å². The second-order valence-electron chi connectivity index (χ2n) is 5.97. The largest absolute Gasteiger partial charge is 0.416 e. The van der Waals surface area contributed by atoms with Gasteiger partial charge in [-0.3, -0.25) is 9.29 Å². The zero-order valence-electron chi connectivity index (χ0n) is 13.8. The Labute approximate surface area is 152 Å². The Kier molecular flexibility index (Phi) is 4.82. The molecular weight excluding hydrogens is 386 g/mol. The molecule has 0 N–H and O–H groups in total. The van der Waals surface area contributed by atoms with E-state index in [1.54, 1.807) is 6.07 Å². The molecule has 0 saturated heterocycles. The van der Waals surface area contributed by atoms with Crippen molar-refractivity contribution in [1.29, 1.82) is 5.26 Å². The van der Waals surface area contributed by atoms with Gasteiger partial charge in [-0.25, -0.2) is 12.8 Å². The molecule has 0 bridgehead atoms. The van der Waals surface area contributed by atoms with Gasteiger partial charge in [0.15, 0.2) is 5.75 Å². The number of sulfonamides is 1. The number of nitrogens with zero attached hydrogens (tertiary/aromatic N) is 3. The first-order chi connectivity index (χ1) is 12.6. The number of alkyl halides is 3. The maximum absolute atomic E-state index is 14.4. The fourth-order valence-corrected chi connectivity index (χ4v) is 4.25. The minimum Gasteiger partial charge on any atom is -0.268 e. The normalized spacial score (nSPS) is 14.6. The van der Waals surface area contributed by atoms with Crippen LogP contribution in [0.3, 0.4) is 0 Å². The lowest BCUT2D eigenvalue weighted by Crippen LogP contribution is -2.37. The number of nitriles is 1. The molecule has 0 aliphatic carbocycles. The predicted octanol–water partition coefficient (Wildman–Crippen LogP) is 3.51. The van der Waals surface area contributed by atoms with Crippen LogP contribution in [-0.2, 0) is 22.6 Å². The standard InChI is InChI=1S/C17H13F4N3O2S/c18-15-8-11(17(19,20)21)3-4-12(15)14-9-23-10-16-13(14)2-1-6-24(16)27(25,26)7-5-22/h3-4,8-10H,1-2,6-7H2. The number of benzene rings is 1. The molecule has 142 valence electrons. The fraction of sp³-hybridized carbons (Fsp3) is 0.294. The molecule has 27 heavy (non-hydrogen) atoms. The van der Waals surface area contributed by atoms with E-state index in [2.05, 4.69) is 4.98 Å². The molecule has 0 fully saturated rings. The number of fused-ring (bicyclic) bond motifs is 1. The molecule has 0 unspecified atom stereocenters. The molecule has 0 radical (unpaired) electrons. The maximum Gasteiger partial charge on any atom is 0.416 e. The number of anilines is 1. The first-order valence-electron chi connectivity index (χ1n) is 7.86. The van der Waals surface area contributed by atoms with Gasteiger partial charge < -0.3 is 0 Å². The van der Waals surface area contributed by atoms with Crippen molar-refractivity contribution in [3.8, 4) is 17.2 Å². The molecule has 10 heteroatoms. The Hall–Kier alpha value is -2.67. The van der Waals surface area contributed by atoms with E-state index in [1.165, 1.54) is 12.4 Å². The Morgan fingerprint density at radius 2 is 1.96 bits per heavy atom. The van der Waals surface area contributed by atoms with Crippen LogP contribution < -0.4 is 4.31 Å². The SMILES string of the molecule is N#CCS(=O)(=O)N1CCCc2c(-c3ccc(C(F)(F)F)cc3F)cncc21. The summed E-state index contributed by atoms with van der Waals surface area (Å²) in [6.45, 7) is 0.150. The Morgan fingerprint density at radius 3 is 2.59 bits per heavy atom. The number of rotatable bonds is 3. The van der Waals surface area contributed by atoms with E-state index in [4.69, 9.17) is 5.26 Å². The molecule has 1 aromatic heterocycles. The quantitative estimate of drug-likeness (QED) is 0.741. The molecule has 5 nitrogen and oxygen atoms in total. The smallest absolute Gasteiger partial charge is 0.268 e. The Morgan fingerprint density at radius 1 is 1.22 bits per heavy atom. The molecule has 0 spiro atoms. The summed E-state index contributed by atoms with van der Waals surface area (Å²) in [7, 11) is -3.89. The van der Waals surface area contributed by atoms with Gasteiger partial charge in [-0.1, -0.05) is 6.07 Å². The third-order valence-electron chi connectivity index (χ3n) is 4.26. The van der Waals surface area contributed by atoms with Crippen LogP contribution in [0, 0.1) is 17.1 Å². The summed E-state index contributed by atoms with van der Waals surface area (Å²) in [4.78, 5) is 3.93. The van der Waals surface area contributed by atoms with Gasteiger partial charge in [0.05, 0.1) is 23.5 Å². The van der Waals surface area contributed by atoms with Gasteiger partial charge >= 0.3 is 6.18 Å². The number of hydrogen-bond donors (Lipinski definition) is 0. The average molecular weight is 399 g/mol. The van der Waals surface area contributed by atoms with Crippen molar-refractivity contribution in [3.05, 3.63) is 47.5 Å². The van der Waals surface area contributed by atoms with E-state index in [1.807, 2.05) is 0 Å². The van der Waals surface area contributed by atoms with Crippen molar-refractivity contribution in [3.63, 3.8) is 0 Å². The van der Waals surface area contributed by atoms with Crippen LogP contribution in [0.2, 0.25) is 0 Å². The monoisotopic (exact) mass is 399 g/mol. The number of hydrogen-bond acceptors (Lipinski definition) is 4. The number of aromatic nitrogens is 1. The highest BCUT2D eigenvalue weighted by Crippen LogP contribution is 2.38. The van der Waals surface area contributed by atoms with Crippen molar-refractivity contribution in [1.82, 2.24) is 4.98 Å². The molecule has 0 atom stereocenters. The molecule has 1 aliphatic rings. The summed E-state index contributed by atoms with van der Waals surface area (Å²) >= 11 is 0. The van der Waals surface area contributed by atoms with Gasteiger partial charge in [-0.15, -0.1) is 0 Å². The lowest BCUT2D eigenvalue weighted by Gasteiger charge is -2.30. The molecule has 1 aliphatic heterocycles. The average Bonchev–Trinajstić information content (AvgIpc) is 2.60. The van der Waals surface area contributed by atoms with E-state index in [0.29, 0.717) is 24.5 Å². The van der Waals surface area contributed by atoms with Crippen molar-refractivity contribution < 1.29 is 26.0 Å². The molecule has 2 aromatic rings. The van der Waals surface area contributed by atoms with Crippen LogP contribution in [0.15, 0.2) is 30.6 Å². The molecular formula is C17H13F4N3O2S. The molecule has 0 amide bonds. The van der Waals surface area contributed by atoms with Gasteiger partial charge in [0, 0.05) is 23.9 Å². The molecule has 1 aromatic carbocycles. The van der Waals surface area contributed by atoms with Gasteiger partial charge in [-0.2, -0.15) is 18.4 Å². The van der Waals surface area contributed by atoms with E-state index in [-0.39, 0.29) is 23.4 Å². The Balaban J connectivity index is 2.12. The lowest BCUT2D eigenvalue weighted by molar-refractivity contribution is -0.137. The van der Waals surface area contributed by atoms with Crippen LogP contribution >= 0.6 is 0 Å². The summed E-state index contributed by atoms with van der Waals surface area (Å²) < 4.78 is 78.3. The number of pyridine rings is 1. The summed E-state index contributed by atoms with van der Waals surface area (Å²) in [6.07, 6.45) is -1.24. The summed E-state index contributed by atoms with van der Waals surface area (Å²) in [5.74, 6) is -1.79. The first kappa shape index (κ1) is 19.1. The van der Waals surface area contributed by atoms with Crippen molar-refractivity contribution in [2.45, 2.75) is 19.0 Å². The fourth-order valence-electron chi connectivity index (χ4n) is 3.06. The predicted molar refractivity (Wildman–Crippen MR) is 89.7 cm³/mol. The van der Waals surface area contributed by atoms with Crippen molar-refractivity contribution in [2.24, 2.45) is 0 Å². The third-order valence-corrected chi connectivity index (χ3v) is 5.81. The van der Waals surface area contributed by atoms with Crippen LogP contribution in [0.1, 0.15) is 17.5 Å². The van der Waals surface area contributed by atoms with Crippen LogP contribution in [0.4, 0.5) is 23.2 Å². The van der Waals surface area contributed by atoms with E-state index >= 15 is 0 Å². The van der Waals surface area contributed by atoms with E-state index < -0.39 is 33.3 Å². The highest BCUT2D eigenvalue weighted by atomic mass is 32.2. The van der Waals surface area contributed by atoms with Crippen LogP contribution in [-0.4, -0.2) is 25.7 Å². The van der Waals surface area contributed by atoms with Crippen LogP contribution in [0.5, 0.6) is 0 Å². The van der Waals surface area contributed by atoms with Crippen molar-refractivity contribution in [2.75, 3.05) is 16.6 Å². The summed E-state index contributed by atoms with van der Waals surface area (Å²) in [6, 6.07) is 3.78. The van der Waals surface area contributed by atoms with E-state index in [0.717, 1.165) is 16.4 Å². The third kappa shape index (κ3) is 3.60. The maximum atomic E-state index is 14.4. The van der Waals surface area contributed by atoms with E-state index in [9.17, 15) is 26.0 Å². The number of halogens is 4. The minimum atomic E-state index is -4.67.